The van der Waals surface area contributed by atoms with Gasteiger partial charge in [0.05, 0.1) is 23.6 Å². The molecule has 0 unspecified atom stereocenters. The Morgan fingerprint density at radius 1 is 0.759 bits per heavy atom. The lowest BCUT2D eigenvalue weighted by Crippen LogP contribution is -2.51. The van der Waals surface area contributed by atoms with Crippen LogP contribution in [0.5, 0.6) is 0 Å². The molecule has 5 N–H and O–H groups in total. The highest BCUT2D eigenvalue weighted by Gasteiger charge is 2.41. The fourth-order valence-electron chi connectivity index (χ4n) is 8.09. The van der Waals surface area contributed by atoms with E-state index in [0.29, 0.717) is 19.3 Å². The highest BCUT2D eigenvalue weighted by Crippen LogP contribution is 2.40. The van der Waals surface area contributed by atoms with Crippen molar-refractivity contribution < 1.29 is 43.7 Å². The molecule has 0 bridgehead atoms. The van der Waals surface area contributed by atoms with Gasteiger partial charge in [0, 0.05) is 76.6 Å². The molecule has 2 fully saturated rings. The van der Waals surface area contributed by atoms with E-state index in [4.69, 9.17) is 0 Å². The Labute approximate surface area is 344 Å². The van der Waals surface area contributed by atoms with Crippen LogP contribution in [0.15, 0.2) is 36.4 Å². The van der Waals surface area contributed by atoms with Crippen molar-refractivity contribution in [1.82, 2.24) is 25.1 Å². The molecular formula is C45H59F2N5O6. The van der Waals surface area contributed by atoms with Crippen LogP contribution in [0, 0.1) is 29.4 Å². The number of halogens is 2. The Bertz CT molecular complexity index is 2180. The number of ketones is 1. The van der Waals surface area contributed by atoms with Crippen LogP contribution in [0.4, 0.5) is 8.78 Å². The average molecular weight is 808 g/mol. The lowest BCUT2D eigenvalue weighted by molar-refractivity contribution is -0.139. The molecule has 2 saturated heterocycles. The monoisotopic (exact) mass is 807 g/mol. The van der Waals surface area contributed by atoms with Crippen LogP contribution in [0.1, 0.15) is 103 Å². The van der Waals surface area contributed by atoms with Crippen molar-refractivity contribution in [2.24, 2.45) is 17.8 Å². The average Bonchev–Trinajstić information content (AvgIpc) is 4.03. The number of hydrogen-bond acceptors (Lipinski definition) is 6. The molecule has 11 nitrogen and oxygen atoms in total. The SMILES string of the molecule is [2H]C([2H])(c1c(-c2[nH]c3cc(F)ccc3c2C([2H])([2H])[C@@H]2C[C@H](O)CN2C(=O)[C@H](CC)NC(=O)[C@H](C)CC)[nH]c2cc(F)ccc12)[C@@H]1C[C@H](O)CN1C(=O)[C@H](CC)CC(=O)[C@H](C)CC. The minimum absolute atomic E-state index is 0.0393. The number of likely N-dealkylation sites (tertiary alicyclic amines) is 2. The summed E-state index contributed by atoms with van der Waals surface area (Å²) < 4.78 is 69.5. The zero-order valence-electron chi connectivity index (χ0n) is 38.1. The van der Waals surface area contributed by atoms with Crippen LogP contribution in [-0.4, -0.2) is 96.9 Å². The maximum atomic E-state index is 15.0. The molecule has 6 rings (SSSR count). The summed E-state index contributed by atoms with van der Waals surface area (Å²) in [6.45, 7) is 10.3. The van der Waals surface area contributed by atoms with E-state index in [0.717, 1.165) is 24.3 Å². The predicted octanol–water partition coefficient (Wildman–Crippen LogP) is 6.58. The summed E-state index contributed by atoms with van der Waals surface area (Å²) >= 11 is 0. The Morgan fingerprint density at radius 2 is 1.24 bits per heavy atom. The number of rotatable bonds is 16. The van der Waals surface area contributed by atoms with E-state index in [1.165, 1.54) is 21.9 Å². The highest BCUT2D eigenvalue weighted by atomic mass is 19.1. The number of amides is 3. The van der Waals surface area contributed by atoms with E-state index in [-0.39, 0.29) is 107 Å². The molecule has 3 amide bonds. The van der Waals surface area contributed by atoms with Gasteiger partial charge in [-0.05, 0) is 98.8 Å². The topological polar surface area (TPSA) is 159 Å². The minimum atomic E-state index is -2.55. The Hall–Kier alpha value is -4.62. The molecule has 0 radical (unpaired) electrons. The van der Waals surface area contributed by atoms with Gasteiger partial charge in [-0.25, -0.2) is 8.78 Å². The van der Waals surface area contributed by atoms with Crippen molar-refractivity contribution in [1.29, 1.82) is 0 Å². The quantitative estimate of drug-likeness (QED) is 0.0862. The van der Waals surface area contributed by atoms with Gasteiger partial charge >= 0.3 is 0 Å². The van der Waals surface area contributed by atoms with Crippen LogP contribution in [0.25, 0.3) is 33.2 Å². The molecule has 0 spiro atoms. The summed E-state index contributed by atoms with van der Waals surface area (Å²) in [5.41, 5.74) is -0.00648. The smallest absolute Gasteiger partial charge is 0.245 e. The fourth-order valence-corrected chi connectivity index (χ4v) is 8.09. The molecule has 4 aromatic rings. The number of β-amino-alcohol motifs (C(OH)–C–C–N with tert-alkyl or cyclic N) is 2. The summed E-state index contributed by atoms with van der Waals surface area (Å²) in [4.78, 5) is 63.2. The highest BCUT2D eigenvalue weighted by molar-refractivity contribution is 5.96. The number of aliphatic hydroxyl groups is 2. The molecular weight excluding hydrogens is 745 g/mol. The Morgan fingerprint density at radius 3 is 1.69 bits per heavy atom. The summed E-state index contributed by atoms with van der Waals surface area (Å²) in [6.07, 6.45) is -6.17. The van der Waals surface area contributed by atoms with Crippen LogP contribution in [0.2, 0.25) is 0 Å². The third-order valence-electron chi connectivity index (χ3n) is 12.1. The van der Waals surface area contributed by atoms with E-state index in [1.54, 1.807) is 27.7 Å². The molecule has 314 valence electrons. The molecule has 2 aromatic carbocycles. The van der Waals surface area contributed by atoms with E-state index >= 15 is 0 Å². The third kappa shape index (κ3) is 8.85. The summed E-state index contributed by atoms with van der Waals surface area (Å²) in [5, 5.41) is 25.3. The number of carbonyl (C=O) groups excluding carboxylic acids is 4. The number of aliphatic hydroxyl groups excluding tert-OH is 2. The van der Waals surface area contributed by atoms with Gasteiger partial charge < -0.3 is 35.3 Å². The number of nitrogens with one attached hydrogen (secondary N) is 3. The van der Waals surface area contributed by atoms with E-state index in [1.807, 2.05) is 13.8 Å². The van der Waals surface area contributed by atoms with Gasteiger partial charge in [0.25, 0.3) is 0 Å². The van der Waals surface area contributed by atoms with Gasteiger partial charge in [-0.15, -0.1) is 0 Å². The summed E-state index contributed by atoms with van der Waals surface area (Å²) in [7, 11) is 0. The zero-order chi connectivity index (χ0) is 45.6. The third-order valence-corrected chi connectivity index (χ3v) is 12.1. The van der Waals surface area contributed by atoms with Gasteiger partial charge in [-0.3, -0.25) is 19.2 Å². The van der Waals surface area contributed by atoms with Crippen molar-refractivity contribution in [3.05, 3.63) is 59.2 Å². The summed E-state index contributed by atoms with van der Waals surface area (Å²) in [6, 6.07) is 3.69. The summed E-state index contributed by atoms with van der Waals surface area (Å²) in [5.74, 6) is -4.28. The van der Waals surface area contributed by atoms with Gasteiger partial charge in [-0.2, -0.15) is 0 Å². The van der Waals surface area contributed by atoms with Crippen molar-refractivity contribution >= 4 is 45.3 Å². The predicted molar refractivity (Wildman–Crippen MR) is 220 cm³/mol. The molecule has 13 heteroatoms. The molecule has 2 aromatic heterocycles. The molecule has 2 aliphatic rings. The van der Waals surface area contributed by atoms with Gasteiger partial charge in [0.1, 0.15) is 23.5 Å². The second-order valence-corrected chi connectivity index (χ2v) is 16.1. The normalized spacial score (nSPS) is 23.3. The van der Waals surface area contributed by atoms with Crippen LogP contribution < -0.4 is 5.32 Å². The number of aromatic nitrogens is 2. The molecule has 0 saturated carbocycles. The van der Waals surface area contributed by atoms with E-state index in [2.05, 4.69) is 15.3 Å². The van der Waals surface area contributed by atoms with Crippen molar-refractivity contribution in [2.75, 3.05) is 13.1 Å². The first-order valence-electron chi connectivity index (χ1n) is 22.6. The number of benzene rings is 2. The van der Waals surface area contributed by atoms with Crippen LogP contribution >= 0.6 is 0 Å². The molecule has 8 atom stereocenters. The van der Waals surface area contributed by atoms with Crippen molar-refractivity contribution in [2.45, 2.75) is 130 Å². The maximum absolute atomic E-state index is 15.0. The molecule has 4 heterocycles. The number of Topliss-reactive ketones (excluding diaryl/α,β-unsaturated/α-hetero) is 1. The number of H-pyrrole nitrogens is 2. The van der Waals surface area contributed by atoms with Crippen LogP contribution in [0.3, 0.4) is 0 Å². The van der Waals surface area contributed by atoms with Crippen LogP contribution in [-0.2, 0) is 31.9 Å². The van der Waals surface area contributed by atoms with Crippen molar-refractivity contribution in [3.63, 3.8) is 0 Å². The number of hydrogen-bond donors (Lipinski definition) is 5. The Balaban J connectivity index is 1.52. The number of fused-ring (bicyclic) bond motifs is 2. The maximum Gasteiger partial charge on any atom is 0.245 e. The number of nitrogens with zero attached hydrogens (tertiary/aromatic N) is 2. The van der Waals surface area contributed by atoms with Crippen molar-refractivity contribution in [3.8, 4) is 11.4 Å². The standard InChI is InChI=1S/C45H59F2N5O6/c1-7-24(5)40(55)15-26(9-3)44(57)51-22-31(53)18-29(51)20-35-33-13-11-27(46)16-38(33)48-41(35)42-36(34-14-12-28(47)17-39(34)49-42)21-30-19-32(54)23-52(30)45(58)37(10-4)50-43(56)25(6)8-2/h11-14,16-17,24-26,29-32,37,48-49,53-54H,7-10,15,18-23H2,1-6H3,(H,50,56)/t24-,25-,26-,29+,30+,31+,32+,37+/m1/s1/i20D2,21D2. The molecule has 0 aliphatic carbocycles. The minimum Gasteiger partial charge on any atom is -0.391 e. The molecule has 58 heavy (non-hydrogen) atoms. The number of carbonyl (C=O) groups is 4. The first-order chi connectivity index (χ1) is 29.2. The lowest BCUT2D eigenvalue weighted by atomic mass is 9.90. The van der Waals surface area contributed by atoms with Gasteiger partial charge in [0.15, 0.2) is 0 Å². The second-order valence-electron chi connectivity index (χ2n) is 16.1. The van der Waals surface area contributed by atoms with Gasteiger partial charge in [0.2, 0.25) is 17.7 Å². The first kappa shape index (κ1) is 37.6. The van der Waals surface area contributed by atoms with E-state index in [9.17, 15) is 43.7 Å². The van der Waals surface area contributed by atoms with E-state index < -0.39 is 72.4 Å². The zero-order valence-corrected chi connectivity index (χ0v) is 34.1. The number of aromatic amines is 2. The fraction of sp³-hybridized carbons (Fsp3) is 0.556. The largest absolute Gasteiger partial charge is 0.391 e. The van der Waals surface area contributed by atoms with Gasteiger partial charge in [-0.1, -0.05) is 41.5 Å². The first-order valence-corrected chi connectivity index (χ1v) is 20.6. The molecule has 2 aliphatic heterocycles. The lowest BCUT2D eigenvalue weighted by Gasteiger charge is -2.30. The Kier molecular flexibility index (Phi) is 11.8. The second kappa shape index (κ2) is 18.1.